The fourth-order valence-electron chi connectivity index (χ4n) is 5.00. The summed E-state index contributed by atoms with van der Waals surface area (Å²) in [4.78, 5) is 13.8. The zero-order valence-corrected chi connectivity index (χ0v) is 25.4. The smallest absolute Gasteiger partial charge is 0.264 e. The van der Waals surface area contributed by atoms with Gasteiger partial charge in [0.1, 0.15) is 11.5 Å². The number of amides is 1. The minimum Gasteiger partial charge on any atom is -0.496 e. The van der Waals surface area contributed by atoms with Crippen molar-refractivity contribution < 1.29 is 22.7 Å². The molecule has 4 rings (SSSR count). The molecule has 1 heterocycles. The fraction of sp³-hybridized carbons (Fsp3) is 0.406. The van der Waals surface area contributed by atoms with Crippen LogP contribution in [0.1, 0.15) is 75.8 Å². The van der Waals surface area contributed by atoms with Crippen molar-refractivity contribution in [2.24, 2.45) is 0 Å². The number of anilines is 1. The predicted octanol–water partition coefficient (Wildman–Crippen LogP) is 6.26. The van der Waals surface area contributed by atoms with Crippen LogP contribution in [-0.2, 0) is 20.2 Å². The van der Waals surface area contributed by atoms with E-state index in [1.165, 1.54) is 4.31 Å². The molecule has 3 aromatic rings. The van der Waals surface area contributed by atoms with Gasteiger partial charge in [0.25, 0.3) is 15.9 Å². The monoisotopic (exact) mass is 564 g/mol. The van der Waals surface area contributed by atoms with E-state index in [0.717, 1.165) is 28.0 Å². The molecular formula is C32H40N2O5S. The predicted molar refractivity (Wildman–Crippen MR) is 159 cm³/mol. The second-order valence-corrected chi connectivity index (χ2v) is 13.6. The van der Waals surface area contributed by atoms with Gasteiger partial charge < -0.3 is 14.8 Å². The van der Waals surface area contributed by atoms with E-state index >= 15 is 0 Å². The third-order valence-corrected chi connectivity index (χ3v) is 9.18. The number of carbonyl (C=O) groups is 1. The van der Waals surface area contributed by atoms with Crippen LogP contribution in [0.15, 0.2) is 65.6 Å². The quantitative estimate of drug-likeness (QED) is 0.366. The number of hydrogen-bond donors (Lipinski definition) is 1. The van der Waals surface area contributed by atoms with Crippen molar-refractivity contribution in [2.75, 3.05) is 18.0 Å². The van der Waals surface area contributed by atoms with Gasteiger partial charge in [-0.2, -0.15) is 0 Å². The Morgan fingerprint density at radius 3 is 2.30 bits per heavy atom. The number of hydrogen-bond acceptors (Lipinski definition) is 5. The molecule has 3 aromatic carbocycles. The highest BCUT2D eigenvalue weighted by atomic mass is 32.2. The van der Waals surface area contributed by atoms with Gasteiger partial charge in [-0.1, -0.05) is 58.9 Å². The molecule has 1 N–H and O–H groups in total. The first kappa shape index (κ1) is 29.5. The van der Waals surface area contributed by atoms with Crippen LogP contribution in [0.5, 0.6) is 11.5 Å². The van der Waals surface area contributed by atoms with Crippen LogP contribution in [0.25, 0.3) is 0 Å². The molecule has 8 heteroatoms. The number of aryl methyl sites for hydroxylation is 1. The normalized spacial score (nSPS) is 16.2. The average Bonchev–Trinajstić information content (AvgIpc) is 2.91. The van der Waals surface area contributed by atoms with Crippen molar-refractivity contribution in [1.82, 2.24) is 5.32 Å². The average molecular weight is 565 g/mol. The first-order chi connectivity index (χ1) is 18.7. The molecule has 0 aliphatic carbocycles. The Labute approximate surface area is 238 Å². The van der Waals surface area contributed by atoms with Crippen LogP contribution in [0, 0.1) is 6.92 Å². The highest BCUT2D eigenvalue weighted by molar-refractivity contribution is 7.92. The number of nitrogens with one attached hydrogen (secondary N) is 1. The number of carbonyl (C=O) groups excluding carboxylic acids is 1. The molecular weight excluding hydrogens is 524 g/mol. The molecule has 0 bridgehead atoms. The first-order valence-corrected chi connectivity index (χ1v) is 15.1. The van der Waals surface area contributed by atoms with Crippen molar-refractivity contribution in [3.8, 4) is 11.5 Å². The van der Waals surface area contributed by atoms with Gasteiger partial charge in [0.2, 0.25) is 0 Å². The molecule has 40 heavy (non-hydrogen) atoms. The first-order valence-electron chi connectivity index (χ1n) is 13.6. The lowest BCUT2D eigenvalue weighted by molar-refractivity contribution is -0.128. The maximum Gasteiger partial charge on any atom is 0.264 e. The van der Waals surface area contributed by atoms with Crippen molar-refractivity contribution in [1.29, 1.82) is 0 Å². The van der Waals surface area contributed by atoms with E-state index in [2.05, 4.69) is 46.0 Å². The van der Waals surface area contributed by atoms with Gasteiger partial charge in [-0.15, -0.1) is 0 Å². The van der Waals surface area contributed by atoms with E-state index in [9.17, 15) is 13.2 Å². The number of nitrogens with zero attached hydrogens (tertiary/aromatic N) is 1. The molecule has 1 aliphatic rings. The van der Waals surface area contributed by atoms with Crippen molar-refractivity contribution in [2.45, 2.75) is 76.8 Å². The molecule has 2 atom stereocenters. The van der Waals surface area contributed by atoms with Crippen LogP contribution >= 0.6 is 0 Å². The number of ether oxygens (including phenoxy) is 2. The summed E-state index contributed by atoms with van der Waals surface area (Å²) in [5.41, 5.74) is 4.22. The van der Waals surface area contributed by atoms with Crippen molar-refractivity contribution in [3.05, 3.63) is 82.9 Å². The lowest BCUT2D eigenvalue weighted by Gasteiger charge is -2.36. The van der Waals surface area contributed by atoms with Gasteiger partial charge >= 0.3 is 0 Å². The standard InChI is InChI=1S/C32H40N2O5S/c1-20(2)25-18-26(21(3)16-29(25)38-8)22(4)33-31(35)30-19-34(40(36,37)24-12-10-9-11-13-24)27-17-23(32(5,6)7)14-15-28(27)39-30/h9-18,20,22,30H,19H2,1-8H3,(H,33,35)/t22-,30-/m1/s1. The topological polar surface area (TPSA) is 84.9 Å². The van der Waals surface area contributed by atoms with Gasteiger partial charge in [0.15, 0.2) is 6.10 Å². The maximum atomic E-state index is 13.9. The number of rotatable bonds is 7. The van der Waals surface area contributed by atoms with Crippen LogP contribution in [0.3, 0.4) is 0 Å². The minimum atomic E-state index is -3.95. The Morgan fingerprint density at radius 1 is 1.02 bits per heavy atom. The molecule has 7 nitrogen and oxygen atoms in total. The Morgan fingerprint density at radius 2 is 1.70 bits per heavy atom. The van der Waals surface area contributed by atoms with Gasteiger partial charge in [0.05, 0.1) is 30.3 Å². The molecule has 0 saturated heterocycles. The molecule has 0 unspecified atom stereocenters. The number of fused-ring (bicyclic) bond motifs is 1. The molecule has 0 saturated carbocycles. The Bertz CT molecular complexity index is 1490. The van der Waals surface area contributed by atoms with Crippen LogP contribution in [0.2, 0.25) is 0 Å². The number of methoxy groups -OCH3 is 1. The van der Waals surface area contributed by atoms with E-state index in [0.29, 0.717) is 11.4 Å². The highest BCUT2D eigenvalue weighted by Crippen LogP contribution is 2.40. The lowest BCUT2D eigenvalue weighted by Crippen LogP contribution is -2.51. The van der Waals surface area contributed by atoms with E-state index in [1.54, 1.807) is 43.5 Å². The van der Waals surface area contributed by atoms with E-state index in [4.69, 9.17) is 9.47 Å². The molecule has 0 radical (unpaired) electrons. The molecule has 1 amide bonds. The van der Waals surface area contributed by atoms with Crippen LogP contribution in [-0.4, -0.2) is 34.1 Å². The number of benzene rings is 3. The Kier molecular flexibility index (Phi) is 8.22. The summed E-state index contributed by atoms with van der Waals surface area (Å²) >= 11 is 0. The van der Waals surface area contributed by atoms with Crippen molar-refractivity contribution in [3.63, 3.8) is 0 Å². The van der Waals surface area contributed by atoms with Gasteiger partial charge in [-0.3, -0.25) is 9.10 Å². The van der Waals surface area contributed by atoms with Gasteiger partial charge in [0, 0.05) is 0 Å². The summed E-state index contributed by atoms with van der Waals surface area (Å²) in [6.07, 6.45) is -1.03. The second-order valence-electron chi connectivity index (χ2n) is 11.7. The minimum absolute atomic E-state index is 0.144. The van der Waals surface area contributed by atoms with E-state index in [1.807, 2.05) is 32.0 Å². The van der Waals surface area contributed by atoms with Gasteiger partial charge in [-0.05, 0) is 83.8 Å². The molecule has 0 aromatic heterocycles. The molecule has 214 valence electrons. The van der Waals surface area contributed by atoms with Crippen molar-refractivity contribution >= 4 is 21.6 Å². The van der Waals surface area contributed by atoms with Crippen LogP contribution in [0.4, 0.5) is 5.69 Å². The fourth-order valence-corrected chi connectivity index (χ4v) is 6.48. The molecule has 1 aliphatic heterocycles. The summed E-state index contributed by atoms with van der Waals surface area (Å²) in [7, 11) is -2.30. The third-order valence-electron chi connectivity index (χ3n) is 7.38. The second kappa shape index (κ2) is 11.2. The summed E-state index contributed by atoms with van der Waals surface area (Å²) in [6, 6.07) is 17.5. The molecule has 0 spiro atoms. The zero-order valence-electron chi connectivity index (χ0n) is 24.6. The third kappa shape index (κ3) is 5.82. The largest absolute Gasteiger partial charge is 0.496 e. The lowest BCUT2D eigenvalue weighted by atomic mass is 9.86. The highest BCUT2D eigenvalue weighted by Gasteiger charge is 2.38. The SMILES string of the molecule is COc1cc(C)c([C@@H](C)NC(=O)[C@H]2CN(S(=O)(=O)c3ccccc3)c3cc(C(C)(C)C)ccc3O2)cc1C(C)C. The van der Waals surface area contributed by atoms with E-state index < -0.39 is 16.1 Å². The van der Waals surface area contributed by atoms with Crippen LogP contribution < -0.4 is 19.1 Å². The number of sulfonamides is 1. The maximum absolute atomic E-state index is 13.9. The van der Waals surface area contributed by atoms with Gasteiger partial charge in [-0.25, -0.2) is 8.42 Å². The summed E-state index contributed by atoms with van der Waals surface area (Å²) in [5, 5.41) is 3.06. The van der Waals surface area contributed by atoms with E-state index in [-0.39, 0.29) is 34.7 Å². The summed E-state index contributed by atoms with van der Waals surface area (Å²) in [5.74, 6) is 1.03. The Hall–Kier alpha value is -3.52. The Balaban J connectivity index is 1.68. The summed E-state index contributed by atoms with van der Waals surface area (Å²) in [6.45, 7) is 14.2. The molecule has 0 fully saturated rings. The zero-order chi connectivity index (χ0) is 29.4. The summed E-state index contributed by atoms with van der Waals surface area (Å²) < 4.78 is 40.7.